The van der Waals surface area contributed by atoms with E-state index in [-0.39, 0.29) is 40.5 Å². The maximum absolute atomic E-state index is 13.6. The van der Waals surface area contributed by atoms with Crippen molar-refractivity contribution in [3.63, 3.8) is 0 Å². The van der Waals surface area contributed by atoms with Gasteiger partial charge in [0, 0.05) is 133 Å². The Balaban J connectivity index is 0.709. The number of nitrogens with one attached hydrogen (secondary N) is 2. The van der Waals surface area contributed by atoms with E-state index in [1.165, 1.54) is 16.7 Å². The van der Waals surface area contributed by atoms with E-state index in [1.54, 1.807) is 30.0 Å². The number of alkyl halides is 3. The average Bonchev–Trinajstić information content (AvgIpc) is 3.92. The molecule has 6 aromatic rings. The molecule has 0 spiro atoms. The molecule has 0 aliphatic carbocycles. The van der Waals surface area contributed by atoms with E-state index < -0.39 is 24.5 Å². The van der Waals surface area contributed by atoms with Gasteiger partial charge in [-0.05, 0) is 79.0 Å². The number of phenolic OH excluding ortho intramolecular Hbond substituents is 3. The first-order chi connectivity index (χ1) is 37.6. The summed E-state index contributed by atoms with van der Waals surface area (Å²) in [5.74, 6) is -0.0157. The number of benzene rings is 4. The maximum atomic E-state index is 13.6. The van der Waals surface area contributed by atoms with Crippen molar-refractivity contribution in [3.8, 4) is 34.3 Å². The molecule has 6 heterocycles. The minimum atomic E-state index is -4.65. The Hall–Kier alpha value is -7.98. The number of aromatic hydroxyl groups is 3. The molecule has 0 unspecified atom stereocenters. The first-order valence-electron chi connectivity index (χ1n) is 26.5. The average molecular weight is 1070 g/mol. The smallest absolute Gasteiger partial charge is 0.405 e. The van der Waals surface area contributed by atoms with Crippen molar-refractivity contribution in [1.29, 1.82) is 0 Å². The van der Waals surface area contributed by atoms with Crippen molar-refractivity contribution >= 4 is 45.9 Å². The zero-order valence-corrected chi connectivity index (χ0v) is 43.6. The monoisotopic (exact) mass is 1070 g/mol. The van der Waals surface area contributed by atoms with Crippen LogP contribution in [0.3, 0.4) is 0 Å². The number of nitrogens with zero attached hydrogens (tertiary/aromatic N) is 11. The third-order valence-electron chi connectivity index (χ3n) is 15.3. The summed E-state index contributed by atoms with van der Waals surface area (Å²) in [5, 5.41) is 46.7. The van der Waals surface area contributed by atoms with Crippen LogP contribution in [0.1, 0.15) is 52.3 Å². The Labute approximate surface area is 449 Å². The van der Waals surface area contributed by atoms with Crippen LogP contribution in [-0.4, -0.2) is 175 Å². The Morgan fingerprint density at radius 1 is 0.795 bits per heavy atom. The molecule has 3 fully saturated rings. The summed E-state index contributed by atoms with van der Waals surface area (Å²) < 4.78 is 40.4. The van der Waals surface area contributed by atoms with Crippen molar-refractivity contribution in [2.45, 2.75) is 51.9 Å². The maximum Gasteiger partial charge on any atom is 0.405 e. The van der Waals surface area contributed by atoms with Crippen molar-refractivity contribution < 1.29 is 42.9 Å². The molecule has 78 heavy (non-hydrogen) atoms. The SMILES string of the molecule is C=CC(=O)N1CCN(c2nc(NCCC(=O)N3CCC(CN4CCN(Cc5ccc(-n6c(C(=O)NCC(F)(F)F)nnc6-c6cc(C)c(O)cc6O)cc5)CC4)CC3)nc3c2CCN(c2cc(O)cc4ccccc24)C3)CC1. The highest BCUT2D eigenvalue weighted by molar-refractivity contribution is 5.96. The fourth-order valence-corrected chi connectivity index (χ4v) is 11.0. The summed E-state index contributed by atoms with van der Waals surface area (Å²) in [6, 6.07) is 21.4. The lowest BCUT2D eigenvalue weighted by atomic mass is 9.95. The van der Waals surface area contributed by atoms with E-state index in [2.05, 4.69) is 47.8 Å². The van der Waals surface area contributed by atoms with Gasteiger partial charge in [-0.1, -0.05) is 43.0 Å². The molecule has 4 aliphatic heterocycles. The Morgan fingerprint density at radius 3 is 2.26 bits per heavy atom. The predicted molar refractivity (Wildman–Crippen MR) is 289 cm³/mol. The number of hydrogen-bond acceptors (Lipinski definition) is 15. The molecule has 5 N–H and O–H groups in total. The third-order valence-corrected chi connectivity index (χ3v) is 15.3. The van der Waals surface area contributed by atoms with Gasteiger partial charge in [0.1, 0.15) is 29.6 Å². The van der Waals surface area contributed by atoms with Crippen LogP contribution in [-0.2, 0) is 29.1 Å². The van der Waals surface area contributed by atoms with Gasteiger partial charge in [0.15, 0.2) is 5.82 Å². The quantitative estimate of drug-likeness (QED) is 0.0764. The molecule has 0 atom stereocenters. The number of phenols is 3. The normalized spacial score (nSPS) is 16.8. The number of carbonyl (C=O) groups is 3. The van der Waals surface area contributed by atoms with E-state index >= 15 is 0 Å². The molecule has 0 bridgehead atoms. The van der Waals surface area contributed by atoms with Gasteiger partial charge in [-0.3, -0.25) is 23.9 Å². The molecule has 410 valence electrons. The molecule has 4 aliphatic rings. The van der Waals surface area contributed by atoms with Crippen LogP contribution >= 0.6 is 0 Å². The highest BCUT2D eigenvalue weighted by atomic mass is 19.4. The number of anilines is 3. The fourth-order valence-electron chi connectivity index (χ4n) is 11.0. The number of aromatic nitrogens is 5. The van der Waals surface area contributed by atoms with Crippen molar-refractivity contribution in [3.05, 3.63) is 114 Å². The Morgan fingerprint density at radius 2 is 1.53 bits per heavy atom. The van der Waals surface area contributed by atoms with Crippen molar-refractivity contribution in [2.24, 2.45) is 5.92 Å². The zero-order chi connectivity index (χ0) is 54.7. The van der Waals surface area contributed by atoms with E-state index in [4.69, 9.17) is 9.97 Å². The molecule has 22 heteroatoms. The van der Waals surface area contributed by atoms with E-state index in [1.807, 2.05) is 46.6 Å². The van der Waals surface area contributed by atoms with Gasteiger partial charge in [-0.15, -0.1) is 10.2 Å². The highest BCUT2D eigenvalue weighted by Crippen LogP contribution is 2.38. The fraction of sp³-hybridized carbons (Fsp3) is 0.411. The summed E-state index contributed by atoms with van der Waals surface area (Å²) in [4.78, 5) is 62.2. The van der Waals surface area contributed by atoms with Crippen molar-refractivity contribution in [1.82, 2.24) is 49.6 Å². The molecule has 3 saturated heterocycles. The molecule has 0 saturated carbocycles. The number of piperidine rings is 1. The molecular weight excluding hydrogens is 1010 g/mol. The van der Waals surface area contributed by atoms with E-state index in [9.17, 15) is 42.9 Å². The minimum Gasteiger partial charge on any atom is -0.508 e. The third kappa shape index (κ3) is 12.1. The zero-order valence-electron chi connectivity index (χ0n) is 43.6. The Bertz CT molecular complexity index is 3180. The minimum absolute atomic E-state index is 0.00997. The van der Waals surface area contributed by atoms with Gasteiger partial charge in [-0.25, -0.2) is 4.98 Å². The topological polar surface area (TPSA) is 212 Å². The molecule has 4 aromatic carbocycles. The summed E-state index contributed by atoms with van der Waals surface area (Å²) in [7, 11) is 0. The first kappa shape index (κ1) is 53.4. The number of piperazine rings is 2. The van der Waals surface area contributed by atoms with Gasteiger partial charge < -0.3 is 50.5 Å². The summed E-state index contributed by atoms with van der Waals surface area (Å²) in [6.45, 7) is 14.1. The van der Waals surface area contributed by atoms with Gasteiger partial charge >= 0.3 is 6.18 Å². The van der Waals surface area contributed by atoms with Crippen LogP contribution in [0.25, 0.3) is 27.8 Å². The molecule has 0 radical (unpaired) electrons. The number of rotatable bonds is 15. The second kappa shape index (κ2) is 22.9. The van der Waals surface area contributed by atoms with Gasteiger partial charge in [0.25, 0.3) is 5.91 Å². The second-order valence-corrected chi connectivity index (χ2v) is 20.6. The first-order valence-corrected chi connectivity index (χ1v) is 26.5. The van der Waals surface area contributed by atoms with Crippen molar-refractivity contribution in [2.75, 3.05) is 107 Å². The van der Waals surface area contributed by atoms with E-state index in [0.29, 0.717) is 101 Å². The summed E-state index contributed by atoms with van der Waals surface area (Å²) >= 11 is 0. The molecule has 2 aromatic heterocycles. The van der Waals surface area contributed by atoms with Crippen LogP contribution < -0.4 is 20.4 Å². The van der Waals surface area contributed by atoms with Crippen LogP contribution in [0, 0.1) is 12.8 Å². The number of carbonyl (C=O) groups excluding carboxylic acids is 3. The number of likely N-dealkylation sites (tertiary alicyclic amines) is 1. The van der Waals surface area contributed by atoms with Crippen LogP contribution in [0.15, 0.2) is 85.5 Å². The molecule has 19 nitrogen and oxygen atoms in total. The number of amides is 3. The van der Waals surface area contributed by atoms with Crippen LogP contribution in [0.4, 0.5) is 30.6 Å². The summed E-state index contributed by atoms with van der Waals surface area (Å²) in [6.07, 6.45) is -0.454. The lowest BCUT2D eigenvalue weighted by Crippen LogP contribution is -2.49. The number of fused-ring (bicyclic) bond motifs is 2. The van der Waals surface area contributed by atoms with Crippen LogP contribution in [0.2, 0.25) is 0 Å². The van der Waals surface area contributed by atoms with Gasteiger partial charge in [-0.2, -0.15) is 18.2 Å². The number of aryl methyl sites for hydroxylation is 1. The lowest BCUT2D eigenvalue weighted by molar-refractivity contribution is -0.132. The Kier molecular flexibility index (Phi) is 15.7. The number of hydrogen-bond donors (Lipinski definition) is 5. The number of halogens is 3. The van der Waals surface area contributed by atoms with E-state index in [0.717, 1.165) is 90.7 Å². The van der Waals surface area contributed by atoms with Gasteiger partial charge in [0.2, 0.25) is 23.6 Å². The molecule has 10 rings (SSSR count). The highest BCUT2D eigenvalue weighted by Gasteiger charge is 2.33. The second-order valence-electron chi connectivity index (χ2n) is 20.6. The predicted octanol–water partition coefficient (Wildman–Crippen LogP) is 5.85. The van der Waals surface area contributed by atoms with Gasteiger partial charge in [0.05, 0.1) is 17.8 Å². The van der Waals surface area contributed by atoms with Crippen LogP contribution in [0.5, 0.6) is 17.2 Å². The molecular formula is C56H64F3N13O6. The standard InChI is InChI=1S/C56H64F3N13O6/c1-3-49(76)69-24-26-70(27-25-69)51-43-15-19-71(46-30-41(73)29-39-6-4-5-7-42(39)46)34-45(43)62-55(63-51)60-16-12-50(77)68-17-13-38(14-18-68)33-67-22-20-66(21-23-67)32-37-8-10-40(11-9-37)72-52(44-28-36(2)47(74)31-48(44)75)64-65-53(72)54(78)61-35-56(57,58)59/h3-11,28-31,38,73-75H,1,12-27,32-35H2,2H3,(H,61,78)(H,60,62,63). The largest absolute Gasteiger partial charge is 0.508 e. The molecule has 3 amide bonds. The summed E-state index contributed by atoms with van der Waals surface area (Å²) in [5.41, 5.74) is 4.82. The lowest BCUT2D eigenvalue weighted by Gasteiger charge is -2.39.